The minimum Gasteiger partial charge on any atom is -0.439 e. The molecule has 70 heavy (non-hydrogen) atoms. The molecule has 16 aromatic rings. The van der Waals surface area contributed by atoms with Gasteiger partial charge in [0.25, 0.3) is 0 Å². The summed E-state index contributed by atoms with van der Waals surface area (Å²) in [4.78, 5) is 1.25. The number of nitrogens with zero attached hydrogens (tertiary/aromatic N) is 4. The SMILES string of the molecule is c1ccc(-n2c3ccccc3c3cc(-n4c5ccc(-c6ccc7c(c6)c6c8ccccc8sc6n7-c6ccc7c(c6)c6ccccc6n7-c6ccccc6)cc5c5c6ccccc6oc54)ccc32)cc1. The van der Waals surface area contributed by atoms with Crippen LogP contribution in [0.4, 0.5) is 0 Å². The highest BCUT2D eigenvalue weighted by molar-refractivity contribution is 7.25. The van der Waals surface area contributed by atoms with Crippen LogP contribution in [0.15, 0.2) is 235 Å². The van der Waals surface area contributed by atoms with Crippen LogP contribution in [-0.2, 0) is 0 Å². The van der Waals surface area contributed by atoms with E-state index in [1.54, 1.807) is 0 Å². The number of benzene rings is 10. The van der Waals surface area contributed by atoms with E-state index in [2.05, 4.69) is 249 Å². The third-order valence-corrected chi connectivity index (χ3v) is 15.9. The lowest BCUT2D eigenvalue weighted by atomic mass is 10.00. The maximum atomic E-state index is 6.85. The zero-order valence-electron chi connectivity index (χ0n) is 37.5. The molecule has 0 unspecified atom stereocenters. The largest absolute Gasteiger partial charge is 0.439 e. The van der Waals surface area contributed by atoms with Crippen LogP contribution in [-0.4, -0.2) is 18.3 Å². The van der Waals surface area contributed by atoms with Gasteiger partial charge in [-0.1, -0.05) is 121 Å². The van der Waals surface area contributed by atoms with Crippen LogP contribution in [0.25, 0.3) is 142 Å². The Morgan fingerprint density at radius 3 is 1.37 bits per heavy atom. The molecule has 0 aliphatic rings. The molecule has 326 valence electrons. The van der Waals surface area contributed by atoms with Gasteiger partial charge in [-0.15, -0.1) is 11.3 Å². The molecule has 0 aliphatic carbocycles. The Morgan fingerprint density at radius 1 is 0.286 bits per heavy atom. The summed E-state index contributed by atoms with van der Waals surface area (Å²) in [5.41, 5.74) is 15.7. The van der Waals surface area contributed by atoms with E-state index in [-0.39, 0.29) is 0 Å². The lowest BCUT2D eigenvalue weighted by Crippen LogP contribution is -1.95. The summed E-state index contributed by atoms with van der Waals surface area (Å²) in [6.07, 6.45) is 0. The minimum absolute atomic E-state index is 0.849. The van der Waals surface area contributed by atoms with Crippen LogP contribution in [0.1, 0.15) is 0 Å². The topological polar surface area (TPSA) is 32.9 Å². The fraction of sp³-hybridized carbons (Fsp3) is 0. The van der Waals surface area contributed by atoms with Crippen LogP contribution in [0.2, 0.25) is 0 Å². The molecule has 5 nitrogen and oxygen atoms in total. The maximum Gasteiger partial charge on any atom is 0.213 e. The molecule has 6 aromatic heterocycles. The first-order valence-corrected chi connectivity index (χ1v) is 24.6. The highest BCUT2D eigenvalue weighted by Gasteiger charge is 2.24. The van der Waals surface area contributed by atoms with Crippen molar-refractivity contribution in [1.29, 1.82) is 0 Å². The van der Waals surface area contributed by atoms with Crippen LogP contribution in [0.5, 0.6) is 0 Å². The fourth-order valence-corrected chi connectivity index (χ4v) is 13.0. The molecule has 0 spiro atoms. The Bertz CT molecular complexity index is 4520. The lowest BCUT2D eigenvalue weighted by molar-refractivity contribution is 0.645. The Morgan fingerprint density at radius 2 is 0.743 bits per heavy atom. The number of fused-ring (bicyclic) bond motifs is 16. The normalized spacial score (nSPS) is 12.3. The number of aromatic nitrogens is 4. The van der Waals surface area contributed by atoms with Crippen LogP contribution < -0.4 is 0 Å². The summed E-state index contributed by atoms with van der Waals surface area (Å²) in [6, 6.07) is 84.0. The van der Waals surface area contributed by atoms with Gasteiger partial charge in [0, 0.05) is 75.9 Å². The zero-order valence-corrected chi connectivity index (χ0v) is 38.4. The van der Waals surface area contributed by atoms with Gasteiger partial charge in [0.2, 0.25) is 5.71 Å². The van der Waals surface area contributed by atoms with E-state index in [0.717, 1.165) is 61.3 Å². The van der Waals surface area contributed by atoms with Crippen molar-refractivity contribution < 1.29 is 4.42 Å². The van der Waals surface area contributed by atoms with Crippen molar-refractivity contribution in [2.75, 3.05) is 0 Å². The van der Waals surface area contributed by atoms with Crippen molar-refractivity contribution in [2.45, 2.75) is 0 Å². The van der Waals surface area contributed by atoms with E-state index >= 15 is 0 Å². The molecule has 0 fully saturated rings. The van der Waals surface area contributed by atoms with Gasteiger partial charge in [-0.3, -0.25) is 4.57 Å². The first kappa shape index (κ1) is 37.9. The quantitative estimate of drug-likeness (QED) is 0.169. The highest BCUT2D eigenvalue weighted by Crippen LogP contribution is 2.46. The predicted octanol–water partition coefficient (Wildman–Crippen LogP) is 17.7. The molecule has 10 aromatic carbocycles. The molecule has 6 heteroatoms. The Balaban J connectivity index is 0.898. The van der Waals surface area contributed by atoms with E-state index in [9.17, 15) is 0 Å². The second-order valence-electron chi connectivity index (χ2n) is 18.5. The molecule has 0 saturated carbocycles. The number of hydrogen-bond donors (Lipinski definition) is 0. The molecule has 0 aliphatic heterocycles. The van der Waals surface area contributed by atoms with E-state index in [4.69, 9.17) is 4.42 Å². The predicted molar refractivity (Wildman–Crippen MR) is 294 cm³/mol. The number of rotatable bonds is 5. The number of hydrogen-bond acceptors (Lipinski definition) is 2. The third-order valence-electron chi connectivity index (χ3n) is 14.8. The summed E-state index contributed by atoms with van der Waals surface area (Å²) in [5, 5.41) is 12.1. The van der Waals surface area contributed by atoms with Crippen molar-refractivity contribution in [1.82, 2.24) is 18.3 Å². The lowest BCUT2D eigenvalue weighted by Gasteiger charge is -2.11. The maximum absolute atomic E-state index is 6.85. The van der Waals surface area contributed by atoms with Gasteiger partial charge in [-0.25, -0.2) is 0 Å². The van der Waals surface area contributed by atoms with E-state index < -0.39 is 0 Å². The molecule has 0 atom stereocenters. The molecule has 0 amide bonds. The number of thiophene rings is 1. The minimum atomic E-state index is 0.849. The van der Waals surface area contributed by atoms with Crippen molar-refractivity contribution in [2.24, 2.45) is 0 Å². The Kier molecular flexibility index (Phi) is 7.70. The average Bonchev–Trinajstić information content (AvgIpc) is 4.26. The zero-order chi connectivity index (χ0) is 45.6. The van der Waals surface area contributed by atoms with Gasteiger partial charge in [-0.2, -0.15) is 0 Å². The summed E-state index contributed by atoms with van der Waals surface area (Å²) in [5.74, 6) is 0. The first-order chi connectivity index (χ1) is 34.7. The van der Waals surface area contributed by atoms with E-state index in [1.165, 1.54) is 80.4 Å². The Labute approximate surface area is 404 Å². The standard InChI is InChI=1S/C64H38N4OS/c1-3-15-41(16-4-1)65-53-23-11-7-19-45(53)49-37-43(29-33-55(49)65)67-57-31-27-39(35-51(57)61-47-21-9-13-25-59(47)69-63(61)67)40-28-32-58-52(36-40)62-48-22-10-14-26-60(48)70-64(62)68(58)44-30-34-56-50(38-44)46-20-8-12-24-54(46)66(56)42-17-5-2-6-18-42/h1-38H. The molecule has 0 saturated heterocycles. The second kappa shape index (κ2) is 14.2. The summed E-state index contributed by atoms with van der Waals surface area (Å²) in [6.45, 7) is 0. The van der Waals surface area contributed by atoms with Crippen molar-refractivity contribution in [3.63, 3.8) is 0 Å². The molecule has 0 bridgehead atoms. The molecule has 16 rings (SSSR count). The fourth-order valence-electron chi connectivity index (χ4n) is 11.8. The third kappa shape index (κ3) is 5.20. The first-order valence-electron chi connectivity index (χ1n) is 23.8. The summed E-state index contributed by atoms with van der Waals surface area (Å²) < 4.78 is 17.7. The van der Waals surface area contributed by atoms with Crippen LogP contribution in [0, 0.1) is 0 Å². The van der Waals surface area contributed by atoms with Crippen LogP contribution in [0.3, 0.4) is 0 Å². The van der Waals surface area contributed by atoms with Crippen molar-refractivity contribution in [3.05, 3.63) is 231 Å². The van der Waals surface area contributed by atoms with Crippen molar-refractivity contribution in [3.8, 4) is 33.9 Å². The Hall–Kier alpha value is -9.10. The van der Waals surface area contributed by atoms with Gasteiger partial charge in [-0.05, 0) is 120 Å². The highest BCUT2D eigenvalue weighted by atomic mass is 32.1. The second-order valence-corrected chi connectivity index (χ2v) is 19.5. The van der Waals surface area contributed by atoms with Gasteiger partial charge in [0.05, 0.1) is 38.5 Å². The molecular formula is C64H38N4OS. The monoisotopic (exact) mass is 910 g/mol. The molecule has 0 N–H and O–H groups in total. The molecular weight excluding hydrogens is 873 g/mol. The summed E-state index contributed by atoms with van der Waals surface area (Å²) in [7, 11) is 0. The molecule has 0 radical (unpaired) electrons. The molecule has 6 heterocycles. The van der Waals surface area contributed by atoms with E-state index in [0.29, 0.717) is 0 Å². The smallest absolute Gasteiger partial charge is 0.213 e. The number of furan rings is 1. The van der Waals surface area contributed by atoms with Crippen molar-refractivity contribution >= 4 is 119 Å². The van der Waals surface area contributed by atoms with E-state index in [1.807, 2.05) is 11.3 Å². The van der Waals surface area contributed by atoms with Crippen LogP contribution >= 0.6 is 11.3 Å². The van der Waals surface area contributed by atoms with Gasteiger partial charge in [0.15, 0.2) is 0 Å². The number of para-hydroxylation sites is 5. The van der Waals surface area contributed by atoms with Gasteiger partial charge in [0.1, 0.15) is 10.4 Å². The van der Waals surface area contributed by atoms with Gasteiger partial charge >= 0.3 is 0 Å². The van der Waals surface area contributed by atoms with Gasteiger partial charge < -0.3 is 18.1 Å². The average molecular weight is 911 g/mol. The summed E-state index contributed by atoms with van der Waals surface area (Å²) >= 11 is 1.87.